The molecule has 0 saturated heterocycles. The molecule has 73 heavy (non-hydrogen) atoms. The van der Waals surface area contributed by atoms with Crippen LogP contribution in [0.3, 0.4) is 0 Å². The Morgan fingerprint density at radius 2 is 0.548 bits per heavy atom. The van der Waals surface area contributed by atoms with E-state index < -0.39 is 6.10 Å². The van der Waals surface area contributed by atoms with Crippen LogP contribution in [0.15, 0.2) is 85.1 Å². The molecule has 6 nitrogen and oxygen atoms in total. The molecule has 0 aromatic carbocycles. The summed E-state index contributed by atoms with van der Waals surface area (Å²) in [6, 6.07) is 0. The molecule has 0 radical (unpaired) electrons. The molecule has 0 heterocycles. The van der Waals surface area contributed by atoms with Gasteiger partial charge in [-0.15, -0.1) is 0 Å². The maximum absolute atomic E-state index is 12.9. The number of allylic oxidation sites excluding steroid dienone is 14. The van der Waals surface area contributed by atoms with E-state index in [9.17, 15) is 14.4 Å². The molecule has 1 atom stereocenters. The van der Waals surface area contributed by atoms with Gasteiger partial charge in [0.25, 0.3) is 0 Å². The van der Waals surface area contributed by atoms with Crippen molar-refractivity contribution in [1.29, 1.82) is 0 Å². The first kappa shape index (κ1) is 69.6. The summed E-state index contributed by atoms with van der Waals surface area (Å²) in [6.45, 7) is 6.50. The fourth-order valence-electron chi connectivity index (χ4n) is 8.72. The second-order valence-corrected chi connectivity index (χ2v) is 20.6. The molecule has 0 bridgehead atoms. The minimum absolute atomic E-state index is 0.0798. The van der Waals surface area contributed by atoms with Crippen LogP contribution in [-0.4, -0.2) is 37.2 Å². The number of carbonyl (C=O) groups excluding carboxylic acids is 3. The van der Waals surface area contributed by atoms with Crippen molar-refractivity contribution in [2.45, 2.75) is 309 Å². The molecule has 0 spiro atoms. The van der Waals surface area contributed by atoms with Gasteiger partial charge in [0.1, 0.15) is 13.2 Å². The van der Waals surface area contributed by atoms with Gasteiger partial charge in [-0.2, -0.15) is 0 Å². The van der Waals surface area contributed by atoms with Crippen molar-refractivity contribution in [3.8, 4) is 0 Å². The average Bonchev–Trinajstić information content (AvgIpc) is 3.39. The van der Waals surface area contributed by atoms with E-state index >= 15 is 0 Å². The van der Waals surface area contributed by atoms with E-state index in [1.807, 2.05) is 0 Å². The fourth-order valence-corrected chi connectivity index (χ4v) is 8.72. The molecule has 0 rings (SSSR count). The summed E-state index contributed by atoms with van der Waals surface area (Å²) in [5.74, 6) is -0.886. The van der Waals surface area contributed by atoms with E-state index in [1.54, 1.807) is 0 Å². The summed E-state index contributed by atoms with van der Waals surface area (Å²) in [7, 11) is 0. The van der Waals surface area contributed by atoms with Crippen molar-refractivity contribution < 1.29 is 28.6 Å². The van der Waals surface area contributed by atoms with Gasteiger partial charge in [-0.3, -0.25) is 14.4 Å². The number of esters is 3. The number of unbranched alkanes of at least 4 members (excludes halogenated alkanes) is 31. The van der Waals surface area contributed by atoms with Gasteiger partial charge in [0.15, 0.2) is 6.10 Å². The van der Waals surface area contributed by atoms with Gasteiger partial charge >= 0.3 is 17.9 Å². The van der Waals surface area contributed by atoms with Crippen LogP contribution in [0.2, 0.25) is 0 Å². The van der Waals surface area contributed by atoms with E-state index in [2.05, 4.69) is 106 Å². The Labute approximate surface area is 452 Å². The van der Waals surface area contributed by atoms with Crippen molar-refractivity contribution in [3.05, 3.63) is 85.1 Å². The van der Waals surface area contributed by atoms with Crippen molar-refractivity contribution >= 4 is 17.9 Å². The van der Waals surface area contributed by atoms with Gasteiger partial charge < -0.3 is 14.2 Å². The zero-order valence-electron chi connectivity index (χ0n) is 48.1. The predicted octanol–water partition coefficient (Wildman–Crippen LogP) is 21.1. The third-order valence-corrected chi connectivity index (χ3v) is 13.4. The second-order valence-electron chi connectivity index (χ2n) is 20.6. The third kappa shape index (κ3) is 59.3. The molecule has 0 aliphatic carbocycles. The molecular weight excluding hydrogens is 901 g/mol. The largest absolute Gasteiger partial charge is 0.462 e. The molecule has 0 aliphatic rings. The van der Waals surface area contributed by atoms with Crippen LogP contribution in [0, 0.1) is 0 Å². The zero-order valence-corrected chi connectivity index (χ0v) is 48.1. The Bertz CT molecular complexity index is 1400. The molecule has 0 aromatic heterocycles. The highest BCUT2D eigenvalue weighted by Crippen LogP contribution is 2.16. The van der Waals surface area contributed by atoms with Crippen LogP contribution >= 0.6 is 0 Å². The van der Waals surface area contributed by atoms with Crippen molar-refractivity contribution in [2.24, 2.45) is 0 Å². The summed E-state index contributed by atoms with van der Waals surface area (Å²) in [6.07, 6.45) is 80.1. The molecule has 0 aliphatic heterocycles. The SMILES string of the molecule is CC/C=C\C/C=C\C/C=C\C/C=C\C/C=C\CCCCCCCCCCCCCC(=O)OCC(COC(=O)CCCCCCCCCCCCCCCC)OC(=O)CCCCCCC/C=C\C/C=C\CCCC. The molecule has 1 unspecified atom stereocenters. The smallest absolute Gasteiger partial charge is 0.306 e. The first-order chi connectivity index (χ1) is 36.0. The maximum Gasteiger partial charge on any atom is 0.306 e. The van der Waals surface area contributed by atoms with Crippen LogP contribution in [0.25, 0.3) is 0 Å². The second kappa shape index (κ2) is 61.1. The fraction of sp³-hybridized carbons (Fsp3) is 0.746. The van der Waals surface area contributed by atoms with E-state index in [0.29, 0.717) is 19.3 Å². The van der Waals surface area contributed by atoms with Crippen molar-refractivity contribution in [2.75, 3.05) is 13.2 Å². The van der Waals surface area contributed by atoms with E-state index in [0.717, 1.165) is 116 Å². The zero-order chi connectivity index (χ0) is 52.9. The monoisotopic (exact) mass is 1020 g/mol. The number of ether oxygens (including phenoxy) is 3. The van der Waals surface area contributed by atoms with E-state index in [4.69, 9.17) is 14.2 Å². The molecule has 0 aromatic rings. The molecule has 6 heteroatoms. The van der Waals surface area contributed by atoms with Crippen LogP contribution in [0.5, 0.6) is 0 Å². The van der Waals surface area contributed by atoms with Gasteiger partial charge in [0.2, 0.25) is 0 Å². The van der Waals surface area contributed by atoms with Gasteiger partial charge in [0, 0.05) is 19.3 Å². The highest BCUT2D eigenvalue weighted by Gasteiger charge is 2.19. The third-order valence-electron chi connectivity index (χ3n) is 13.4. The van der Waals surface area contributed by atoms with Gasteiger partial charge in [0.05, 0.1) is 0 Å². The number of rotatable bonds is 56. The minimum atomic E-state index is -0.783. The molecule has 0 N–H and O–H groups in total. The van der Waals surface area contributed by atoms with Crippen molar-refractivity contribution in [1.82, 2.24) is 0 Å². The summed E-state index contributed by atoms with van der Waals surface area (Å²) in [5, 5.41) is 0. The lowest BCUT2D eigenvalue weighted by Gasteiger charge is -2.18. The molecule has 0 fully saturated rings. The van der Waals surface area contributed by atoms with Gasteiger partial charge in [-0.25, -0.2) is 0 Å². The summed E-state index contributed by atoms with van der Waals surface area (Å²) < 4.78 is 16.9. The van der Waals surface area contributed by atoms with Gasteiger partial charge in [-0.05, 0) is 89.9 Å². The topological polar surface area (TPSA) is 78.9 Å². The lowest BCUT2D eigenvalue weighted by Crippen LogP contribution is -2.30. The Morgan fingerprint density at radius 3 is 0.877 bits per heavy atom. The summed E-state index contributed by atoms with van der Waals surface area (Å²) in [4.78, 5) is 38.2. The number of hydrogen-bond acceptors (Lipinski definition) is 6. The molecule has 420 valence electrons. The Kier molecular flexibility index (Phi) is 58.3. The van der Waals surface area contributed by atoms with Crippen LogP contribution in [0.4, 0.5) is 0 Å². The van der Waals surface area contributed by atoms with Gasteiger partial charge in [-0.1, -0.05) is 279 Å². The molecule has 0 amide bonds. The minimum Gasteiger partial charge on any atom is -0.462 e. The maximum atomic E-state index is 12.9. The van der Waals surface area contributed by atoms with Crippen LogP contribution in [0.1, 0.15) is 303 Å². The van der Waals surface area contributed by atoms with Crippen molar-refractivity contribution in [3.63, 3.8) is 0 Å². The normalized spacial score (nSPS) is 12.6. The highest BCUT2D eigenvalue weighted by molar-refractivity contribution is 5.71. The lowest BCUT2D eigenvalue weighted by molar-refractivity contribution is -0.167. The molecule has 0 saturated carbocycles. The van der Waals surface area contributed by atoms with Crippen LogP contribution in [-0.2, 0) is 28.6 Å². The summed E-state index contributed by atoms with van der Waals surface area (Å²) >= 11 is 0. The number of carbonyl (C=O) groups is 3. The Balaban J connectivity index is 4.27. The highest BCUT2D eigenvalue weighted by atomic mass is 16.6. The Morgan fingerprint density at radius 1 is 0.288 bits per heavy atom. The summed E-state index contributed by atoms with van der Waals surface area (Å²) in [5.41, 5.74) is 0. The lowest BCUT2D eigenvalue weighted by atomic mass is 10.0. The number of hydrogen-bond donors (Lipinski definition) is 0. The molecular formula is C67H116O6. The first-order valence-electron chi connectivity index (χ1n) is 31.1. The average molecular weight is 1020 g/mol. The standard InChI is InChI=1S/C67H116O6/c1-4-7-10-13-16-19-22-25-28-29-30-31-32-33-34-35-36-37-38-39-40-43-45-48-51-54-57-60-66(69)72-63-64(73-67(70)61-58-55-52-49-46-42-27-24-21-18-15-12-9-6-3)62-71-65(68)59-56-53-50-47-44-41-26-23-20-17-14-11-8-5-2/h7,10,15-16,18-19,24-25,27-28,30-31,33-34,64H,4-6,8-9,11-14,17,20-23,26,29,32,35-63H2,1-3H3/b10-7-,18-15-,19-16-,27-24-,28-25-,31-30-,34-33-. The quantitative estimate of drug-likeness (QED) is 0.0261. The first-order valence-corrected chi connectivity index (χ1v) is 31.1. The predicted molar refractivity (Wildman–Crippen MR) is 316 cm³/mol. The van der Waals surface area contributed by atoms with Crippen LogP contribution < -0.4 is 0 Å². The Hall–Kier alpha value is -3.41. The van der Waals surface area contributed by atoms with E-state index in [-0.39, 0.29) is 31.1 Å². The van der Waals surface area contributed by atoms with E-state index in [1.165, 1.54) is 148 Å².